The lowest BCUT2D eigenvalue weighted by atomic mass is 9.89. The summed E-state index contributed by atoms with van der Waals surface area (Å²) >= 11 is 0. The number of rotatable bonds is 5. The molecule has 2 aromatic carbocycles. The first-order chi connectivity index (χ1) is 12.7. The van der Waals surface area contributed by atoms with E-state index >= 15 is 0 Å². The minimum absolute atomic E-state index is 0. The Labute approximate surface area is 169 Å². The van der Waals surface area contributed by atoms with E-state index in [0.29, 0.717) is 6.54 Å². The summed E-state index contributed by atoms with van der Waals surface area (Å²) in [5.41, 5.74) is 6.13. The molecule has 1 heterocycles. The van der Waals surface area contributed by atoms with Crippen LogP contribution in [0.1, 0.15) is 22.6 Å². The smallest absolute Gasteiger partial charge is 0.330 e. The van der Waals surface area contributed by atoms with Gasteiger partial charge in [0.15, 0.2) is 0 Å². The predicted octanol–water partition coefficient (Wildman–Crippen LogP) is 3.63. The van der Waals surface area contributed by atoms with Gasteiger partial charge in [0.25, 0.3) is 0 Å². The third-order valence-corrected chi connectivity index (χ3v) is 6.72. The van der Waals surface area contributed by atoms with Gasteiger partial charge in [0.2, 0.25) is 10.0 Å². The maximum absolute atomic E-state index is 12.9. The standard InChI is InChI=1S/C19H21F3N2O2S.ClH/c20-19(21,22)17-8-4-5-14(9-17)13-27(25,26)24-11-16(10-23)18(12-24)15-6-2-1-3-7-15;/h1-9,16,18H,10-13,23H2;1H/t16-,18+;/m1./s1. The average Bonchev–Trinajstić information content (AvgIpc) is 3.07. The summed E-state index contributed by atoms with van der Waals surface area (Å²) in [4.78, 5) is 0. The molecular formula is C19H22ClF3N2O2S. The molecule has 9 heteroatoms. The highest BCUT2D eigenvalue weighted by molar-refractivity contribution is 7.88. The Kier molecular flexibility index (Phi) is 7.14. The molecule has 0 amide bonds. The highest BCUT2D eigenvalue weighted by Crippen LogP contribution is 2.35. The van der Waals surface area contributed by atoms with Gasteiger partial charge < -0.3 is 5.73 Å². The van der Waals surface area contributed by atoms with Crippen molar-refractivity contribution in [3.8, 4) is 0 Å². The molecule has 2 atom stereocenters. The molecule has 0 radical (unpaired) electrons. The van der Waals surface area contributed by atoms with Crippen molar-refractivity contribution < 1.29 is 21.6 Å². The average molecular weight is 435 g/mol. The molecule has 1 fully saturated rings. The second-order valence-corrected chi connectivity index (χ2v) is 8.75. The summed E-state index contributed by atoms with van der Waals surface area (Å²) in [6.07, 6.45) is -4.50. The summed E-state index contributed by atoms with van der Waals surface area (Å²) in [5, 5.41) is 0. The van der Waals surface area contributed by atoms with Crippen LogP contribution in [0.2, 0.25) is 0 Å². The molecule has 0 saturated carbocycles. The van der Waals surface area contributed by atoms with Gasteiger partial charge in [-0.15, -0.1) is 12.4 Å². The molecule has 4 nitrogen and oxygen atoms in total. The van der Waals surface area contributed by atoms with E-state index in [1.807, 2.05) is 30.3 Å². The van der Waals surface area contributed by atoms with Gasteiger partial charge in [0.1, 0.15) is 0 Å². The van der Waals surface area contributed by atoms with E-state index in [-0.39, 0.29) is 42.9 Å². The Bertz CT molecular complexity index is 892. The highest BCUT2D eigenvalue weighted by Gasteiger charge is 2.39. The van der Waals surface area contributed by atoms with E-state index in [2.05, 4.69) is 0 Å². The zero-order valence-corrected chi connectivity index (χ0v) is 16.6. The molecule has 0 aromatic heterocycles. The van der Waals surface area contributed by atoms with Crippen LogP contribution in [0.3, 0.4) is 0 Å². The van der Waals surface area contributed by atoms with Crippen molar-refractivity contribution in [2.75, 3.05) is 19.6 Å². The van der Waals surface area contributed by atoms with Crippen LogP contribution in [0.5, 0.6) is 0 Å². The van der Waals surface area contributed by atoms with E-state index in [1.54, 1.807) is 0 Å². The van der Waals surface area contributed by atoms with Gasteiger partial charge in [0.05, 0.1) is 11.3 Å². The maximum Gasteiger partial charge on any atom is 0.416 e. The quantitative estimate of drug-likeness (QED) is 0.781. The first-order valence-electron chi connectivity index (χ1n) is 8.59. The van der Waals surface area contributed by atoms with Crippen molar-refractivity contribution in [2.45, 2.75) is 17.8 Å². The van der Waals surface area contributed by atoms with Crippen molar-refractivity contribution in [3.63, 3.8) is 0 Å². The number of benzene rings is 2. The highest BCUT2D eigenvalue weighted by atomic mass is 35.5. The van der Waals surface area contributed by atoms with Crippen LogP contribution in [-0.4, -0.2) is 32.4 Å². The van der Waals surface area contributed by atoms with E-state index in [9.17, 15) is 21.6 Å². The molecule has 28 heavy (non-hydrogen) atoms. The number of hydrogen-bond acceptors (Lipinski definition) is 3. The van der Waals surface area contributed by atoms with Crippen molar-refractivity contribution in [2.24, 2.45) is 11.7 Å². The number of sulfonamides is 1. The van der Waals surface area contributed by atoms with Crippen LogP contribution in [0, 0.1) is 5.92 Å². The van der Waals surface area contributed by atoms with Gasteiger partial charge >= 0.3 is 6.18 Å². The molecule has 1 aliphatic rings. The van der Waals surface area contributed by atoms with Crippen molar-refractivity contribution in [3.05, 3.63) is 71.3 Å². The molecule has 0 unspecified atom stereocenters. The summed E-state index contributed by atoms with van der Waals surface area (Å²) in [6.45, 7) is 0.902. The van der Waals surface area contributed by atoms with Crippen LogP contribution < -0.4 is 5.73 Å². The predicted molar refractivity (Wildman–Crippen MR) is 105 cm³/mol. The normalized spacial score (nSPS) is 20.7. The van der Waals surface area contributed by atoms with Gasteiger partial charge in [-0.1, -0.05) is 48.5 Å². The lowest BCUT2D eigenvalue weighted by Gasteiger charge is -2.17. The Morgan fingerprint density at radius 2 is 1.71 bits per heavy atom. The molecule has 154 valence electrons. The monoisotopic (exact) mass is 434 g/mol. The third-order valence-electron chi connectivity index (χ3n) is 4.93. The Morgan fingerprint density at radius 3 is 2.32 bits per heavy atom. The molecule has 1 saturated heterocycles. The number of hydrogen-bond donors (Lipinski definition) is 1. The molecule has 2 N–H and O–H groups in total. The molecule has 1 aliphatic heterocycles. The summed E-state index contributed by atoms with van der Waals surface area (Å²) in [5.74, 6) is -0.508. The van der Waals surface area contributed by atoms with Crippen molar-refractivity contribution in [1.29, 1.82) is 0 Å². The Balaban J connectivity index is 0.00000280. The lowest BCUT2D eigenvalue weighted by molar-refractivity contribution is -0.137. The second kappa shape index (κ2) is 8.82. The SMILES string of the molecule is Cl.NC[C@@H]1CN(S(=O)(=O)Cc2cccc(C(F)(F)F)c2)C[C@H]1c1ccccc1. The fourth-order valence-electron chi connectivity index (χ4n) is 3.51. The van der Waals surface area contributed by atoms with Crippen LogP contribution in [0.25, 0.3) is 0 Å². The van der Waals surface area contributed by atoms with Crippen LogP contribution in [0.4, 0.5) is 13.2 Å². The van der Waals surface area contributed by atoms with Gasteiger partial charge in [0, 0.05) is 19.0 Å². The van der Waals surface area contributed by atoms with E-state index in [1.165, 1.54) is 16.4 Å². The first kappa shape index (κ1) is 22.7. The molecule has 3 rings (SSSR count). The Hall–Kier alpha value is -1.61. The largest absolute Gasteiger partial charge is 0.416 e. The van der Waals surface area contributed by atoms with Crippen LogP contribution >= 0.6 is 12.4 Å². The summed E-state index contributed by atoms with van der Waals surface area (Å²) < 4.78 is 65.6. The minimum atomic E-state index is -4.50. The van der Waals surface area contributed by atoms with E-state index < -0.39 is 27.5 Å². The minimum Gasteiger partial charge on any atom is -0.330 e. The third kappa shape index (κ3) is 5.05. The maximum atomic E-state index is 12.9. The lowest BCUT2D eigenvalue weighted by Crippen LogP contribution is -2.31. The fraction of sp³-hybridized carbons (Fsp3) is 0.368. The fourth-order valence-corrected chi connectivity index (χ4v) is 5.10. The number of alkyl halides is 3. The van der Waals surface area contributed by atoms with Crippen molar-refractivity contribution >= 4 is 22.4 Å². The van der Waals surface area contributed by atoms with Crippen LogP contribution in [0.15, 0.2) is 54.6 Å². The molecule has 0 bridgehead atoms. The number of nitrogens with two attached hydrogens (primary N) is 1. The van der Waals surface area contributed by atoms with E-state index in [4.69, 9.17) is 5.73 Å². The van der Waals surface area contributed by atoms with Crippen molar-refractivity contribution in [1.82, 2.24) is 4.31 Å². The Morgan fingerprint density at radius 1 is 1.04 bits per heavy atom. The van der Waals surface area contributed by atoms with E-state index in [0.717, 1.165) is 17.7 Å². The zero-order chi connectivity index (χ0) is 19.7. The molecule has 0 spiro atoms. The van der Waals surface area contributed by atoms with Gasteiger partial charge in [-0.05, 0) is 29.7 Å². The number of halogens is 4. The summed E-state index contributed by atoms with van der Waals surface area (Å²) in [6, 6.07) is 14.0. The number of nitrogens with zero attached hydrogens (tertiary/aromatic N) is 1. The summed E-state index contributed by atoms with van der Waals surface area (Å²) in [7, 11) is -3.75. The topological polar surface area (TPSA) is 63.4 Å². The van der Waals surface area contributed by atoms with Gasteiger partial charge in [-0.2, -0.15) is 13.2 Å². The molecular weight excluding hydrogens is 413 g/mol. The van der Waals surface area contributed by atoms with Gasteiger partial charge in [-0.3, -0.25) is 0 Å². The molecule has 2 aromatic rings. The van der Waals surface area contributed by atoms with Crippen LogP contribution in [-0.2, 0) is 22.0 Å². The molecule has 0 aliphatic carbocycles. The second-order valence-electron chi connectivity index (χ2n) is 6.78. The zero-order valence-electron chi connectivity index (χ0n) is 15.0. The first-order valence-corrected chi connectivity index (χ1v) is 10.2. The van der Waals surface area contributed by atoms with Gasteiger partial charge in [-0.25, -0.2) is 12.7 Å².